The average molecular weight is 499 g/mol. The van der Waals surface area contributed by atoms with Gasteiger partial charge in [-0.1, -0.05) is 23.8 Å². The molecule has 0 radical (unpaired) electrons. The summed E-state index contributed by atoms with van der Waals surface area (Å²) in [4.78, 5) is 29.0. The highest BCUT2D eigenvalue weighted by atomic mass is 32.1. The Hall–Kier alpha value is -3.35. The van der Waals surface area contributed by atoms with Gasteiger partial charge in [0, 0.05) is 30.2 Å². The maximum atomic E-state index is 12.5. The maximum Gasteiger partial charge on any atom is 0.326 e. The van der Waals surface area contributed by atoms with Crippen LogP contribution in [0, 0.1) is 6.92 Å². The van der Waals surface area contributed by atoms with Crippen molar-refractivity contribution in [3.8, 4) is 0 Å². The number of rotatable bonds is 7. The molecule has 3 aromatic rings. The van der Waals surface area contributed by atoms with Gasteiger partial charge in [0.15, 0.2) is 5.11 Å². The molecule has 2 aromatic heterocycles. The summed E-state index contributed by atoms with van der Waals surface area (Å²) in [5, 5.41) is 14.1. The Balaban J connectivity index is 1.42. The number of hydrogen-bond donors (Lipinski definition) is 4. The number of aromatic nitrogens is 3. The SMILES string of the molecule is Cc1ccc(NC(=O)Nc2nc(NC(=S)NCCc3cccs3)nc(N3CCOCC3)n2)cc1. The summed E-state index contributed by atoms with van der Waals surface area (Å²) in [5.41, 5.74) is 1.77. The van der Waals surface area contributed by atoms with Crippen LogP contribution in [0.25, 0.3) is 0 Å². The first kappa shape index (κ1) is 23.8. The van der Waals surface area contributed by atoms with E-state index in [0.29, 0.717) is 49.6 Å². The molecule has 0 aliphatic carbocycles. The van der Waals surface area contributed by atoms with Gasteiger partial charge in [0.25, 0.3) is 0 Å². The lowest BCUT2D eigenvalue weighted by molar-refractivity contribution is 0.122. The first-order valence-electron chi connectivity index (χ1n) is 10.9. The molecule has 0 saturated carbocycles. The van der Waals surface area contributed by atoms with Gasteiger partial charge in [-0.2, -0.15) is 15.0 Å². The van der Waals surface area contributed by atoms with Gasteiger partial charge in [-0.05, 0) is 49.1 Å². The molecule has 4 rings (SSSR count). The number of anilines is 4. The van der Waals surface area contributed by atoms with E-state index < -0.39 is 6.03 Å². The zero-order chi connectivity index (χ0) is 23.8. The minimum Gasteiger partial charge on any atom is -0.378 e. The Morgan fingerprint density at radius 3 is 2.50 bits per heavy atom. The highest BCUT2D eigenvalue weighted by Gasteiger charge is 2.18. The van der Waals surface area contributed by atoms with Crippen LogP contribution in [0.2, 0.25) is 0 Å². The predicted molar refractivity (Wildman–Crippen MR) is 139 cm³/mol. The Bertz CT molecular complexity index is 1100. The number of benzene rings is 1. The standard InChI is InChI=1S/C22H26N8O2S2/c1-15-4-6-16(7-5-15)24-21(31)28-18-25-19(27-20(26-18)30-10-12-32-13-11-30)29-22(33)23-9-8-17-3-2-14-34-17/h2-7,14H,8-13H2,1H3,(H4,23,24,25,26,27,28,29,31,33). The Labute approximate surface area is 207 Å². The number of thiocarbonyl (C=S) groups is 1. The summed E-state index contributed by atoms with van der Waals surface area (Å²) in [6.07, 6.45) is 0.863. The van der Waals surface area contributed by atoms with E-state index in [1.165, 1.54) is 4.88 Å². The minimum absolute atomic E-state index is 0.116. The first-order chi connectivity index (χ1) is 16.5. The van der Waals surface area contributed by atoms with Crippen LogP contribution in [-0.4, -0.2) is 58.9 Å². The van der Waals surface area contributed by atoms with Crippen LogP contribution in [-0.2, 0) is 11.2 Å². The van der Waals surface area contributed by atoms with E-state index >= 15 is 0 Å². The number of nitrogens with one attached hydrogen (secondary N) is 4. The van der Waals surface area contributed by atoms with Crippen LogP contribution < -0.4 is 26.2 Å². The third-order valence-electron chi connectivity index (χ3n) is 4.91. The zero-order valence-electron chi connectivity index (χ0n) is 18.7. The van der Waals surface area contributed by atoms with Crippen molar-refractivity contribution in [2.24, 2.45) is 0 Å². The van der Waals surface area contributed by atoms with Crippen molar-refractivity contribution in [1.29, 1.82) is 0 Å². The lowest BCUT2D eigenvalue weighted by Crippen LogP contribution is -2.38. The number of aryl methyl sites for hydroxylation is 1. The van der Waals surface area contributed by atoms with Crippen LogP contribution in [0.15, 0.2) is 41.8 Å². The molecule has 0 bridgehead atoms. The molecule has 4 N–H and O–H groups in total. The van der Waals surface area contributed by atoms with E-state index in [2.05, 4.69) is 42.3 Å². The Kier molecular flexibility index (Phi) is 8.17. The van der Waals surface area contributed by atoms with E-state index in [9.17, 15) is 4.79 Å². The second-order valence-electron chi connectivity index (χ2n) is 7.54. The molecule has 178 valence electrons. The third kappa shape index (κ3) is 7.07. The summed E-state index contributed by atoms with van der Waals surface area (Å²) >= 11 is 7.11. The summed E-state index contributed by atoms with van der Waals surface area (Å²) in [6, 6.07) is 11.2. The van der Waals surface area contributed by atoms with Crippen molar-refractivity contribution in [3.63, 3.8) is 0 Å². The quantitative estimate of drug-likeness (QED) is 0.364. The van der Waals surface area contributed by atoms with E-state index in [4.69, 9.17) is 17.0 Å². The fourth-order valence-corrected chi connectivity index (χ4v) is 4.08. The number of thiophene rings is 1. The molecule has 0 atom stereocenters. The van der Waals surface area contributed by atoms with Crippen molar-refractivity contribution in [2.75, 3.05) is 53.7 Å². The molecule has 1 aromatic carbocycles. The van der Waals surface area contributed by atoms with Crippen LogP contribution in [0.4, 0.5) is 28.3 Å². The van der Waals surface area contributed by atoms with Gasteiger partial charge in [-0.3, -0.25) is 5.32 Å². The number of nitrogens with zero attached hydrogens (tertiary/aromatic N) is 4. The molecule has 1 saturated heterocycles. The molecular weight excluding hydrogens is 472 g/mol. The first-order valence-corrected chi connectivity index (χ1v) is 12.1. The highest BCUT2D eigenvalue weighted by Crippen LogP contribution is 2.16. The zero-order valence-corrected chi connectivity index (χ0v) is 20.3. The summed E-state index contributed by atoms with van der Waals surface area (Å²) in [7, 11) is 0. The van der Waals surface area contributed by atoms with Crippen LogP contribution >= 0.6 is 23.6 Å². The molecule has 3 heterocycles. The van der Waals surface area contributed by atoms with Gasteiger partial charge >= 0.3 is 6.03 Å². The van der Waals surface area contributed by atoms with Crippen LogP contribution in [0.5, 0.6) is 0 Å². The third-order valence-corrected chi connectivity index (χ3v) is 6.10. The molecule has 1 fully saturated rings. The number of carbonyl (C=O) groups excluding carboxylic acids is 1. The number of amides is 2. The number of ether oxygens (including phenoxy) is 1. The van der Waals surface area contributed by atoms with Gasteiger partial charge in [0.2, 0.25) is 17.8 Å². The number of urea groups is 1. The largest absolute Gasteiger partial charge is 0.378 e. The monoisotopic (exact) mass is 498 g/mol. The van der Waals surface area contributed by atoms with Gasteiger partial charge < -0.3 is 25.6 Å². The molecule has 1 aliphatic heterocycles. The molecule has 0 unspecified atom stereocenters. The summed E-state index contributed by atoms with van der Waals surface area (Å²) in [6.45, 7) is 5.10. The lowest BCUT2D eigenvalue weighted by Gasteiger charge is -2.27. The average Bonchev–Trinajstić information content (AvgIpc) is 3.34. The Morgan fingerprint density at radius 2 is 1.79 bits per heavy atom. The predicted octanol–water partition coefficient (Wildman–Crippen LogP) is 3.25. The van der Waals surface area contributed by atoms with Gasteiger partial charge in [-0.15, -0.1) is 11.3 Å². The number of hydrogen-bond acceptors (Lipinski definition) is 8. The normalized spacial score (nSPS) is 13.3. The van der Waals surface area contributed by atoms with E-state index in [0.717, 1.165) is 12.0 Å². The molecule has 10 nitrogen and oxygen atoms in total. The fraction of sp³-hybridized carbons (Fsp3) is 0.318. The van der Waals surface area contributed by atoms with Gasteiger partial charge in [-0.25, -0.2) is 4.79 Å². The molecular formula is C22H26N8O2S2. The number of carbonyl (C=O) groups is 1. The Morgan fingerprint density at radius 1 is 1.06 bits per heavy atom. The smallest absolute Gasteiger partial charge is 0.326 e. The summed E-state index contributed by atoms with van der Waals surface area (Å²) in [5.74, 6) is 0.800. The van der Waals surface area contributed by atoms with Crippen molar-refractivity contribution in [2.45, 2.75) is 13.3 Å². The highest BCUT2D eigenvalue weighted by molar-refractivity contribution is 7.80. The van der Waals surface area contributed by atoms with Gasteiger partial charge in [0.1, 0.15) is 0 Å². The molecule has 0 spiro atoms. The maximum absolute atomic E-state index is 12.5. The van der Waals surface area contributed by atoms with Crippen molar-refractivity contribution in [1.82, 2.24) is 20.3 Å². The minimum atomic E-state index is -0.453. The van der Waals surface area contributed by atoms with Gasteiger partial charge in [0.05, 0.1) is 13.2 Å². The van der Waals surface area contributed by atoms with Crippen LogP contribution in [0.1, 0.15) is 10.4 Å². The van der Waals surface area contributed by atoms with E-state index in [-0.39, 0.29) is 11.9 Å². The second-order valence-corrected chi connectivity index (χ2v) is 8.98. The lowest BCUT2D eigenvalue weighted by atomic mass is 10.2. The van der Waals surface area contributed by atoms with E-state index in [1.807, 2.05) is 47.5 Å². The fourth-order valence-electron chi connectivity index (χ4n) is 3.18. The van der Waals surface area contributed by atoms with Crippen molar-refractivity contribution < 1.29 is 9.53 Å². The van der Waals surface area contributed by atoms with Crippen molar-refractivity contribution in [3.05, 3.63) is 52.2 Å². The summed E-state index contributed by atoms with van der Waals surface area (Å²) < 4.78 is 5.42. The van der Waals surface area contributed by atoms with Crippen LogP contribution in [0.3, 0.4) is 0 Å². The van der Waals surface area contributed by atoms with E-state index in [1.54, 1.807) is 11.3 Å². The molecule has 12 heteroatoms. The molecule has 2 amide bonds. The molecule has 1 aliphatic rings. The second kappa shape index (κ2) is 11.7. The number of morpholine rings is 1. The topological polar surface area (TPSA) is 116 Å². The van der Waals surface area contributed by atoms with Crippen molar-refractivity contribution >= 4 is 58.2 Å². The molecule has 34 heavy (non-hydrogen) atoms.